The van der Waals surface area contributed by atoms with Gasteiger partial charge in [-0.15, -0.1) is 0 Å². The van der Waals surface area contributed by atoms with Gasteiger partial charge in [0, 0.05) is 6.61 Å². The van der Waals surface area contributed by atoms with Crippen LogP contribution in [-0.4, -0.2) is 54.8 Å². The number of fused-ring (bicyclic) bond motifs is 1. The number of anilines is 1. The Hall–Kier alpha value is -1.84. The number of nitrogens with zero attached hydrogens (tertiary/aromatic N) is 4. The quantitative estimate of drug-likeness (QED) is 0.676. The summed E-state index contributed by atoms with van der Waals surface area (Å²) in [7, 11) is 0. The molecule has 3 rings (SSSR count). The predicted octanol–water partition coefficient (Wildman–Crippen LogP) is -0.772. The number of nitrogens with two attached hydrogens (primary N) is 1. The molecule has 0 radical (unpaired) electrons. The van der Waals surface area contributed by atoms with Crippen LogP contribution in [0, 0.1) is 0 Å². The predicted molar refractivity (Wildman–Crippen MR) is 65.4 cm³/mol. The van der Waals surface area contributed by atoms with Crippen LogP contribution in [0.4, 0.5) is 10.2 Å². The van der Waals surface area contributed by atoms with Gasteiger partial charge < -0.3 is 20.7 Å². The number of ether oxygens (including phenoxy) is 1. The van der Waals surface area contributed by atoms with E-state index in [-0.39, 0.29) is 18.8 Å². The third-order valence-electron chi connectivity index (χ3n) is 3.38. The molecule has 3 heterocycles. The minimum atomic E-state index is -1.62. The second kappa shape index (κ2) is 4.93. The number of hydrogen-bond acceptors (Lipinski definition) is 7. The molecule has 0 aliphatic carbocycles. The average molecular weight is 283 g/mol. The summed E-state index contributed by atoms with van der Waals surface area (Å²) < 4.78 is 21.0. The summed E-state index contributed by atoms with van der Waals surface area (Å²) in [4.78, 5) is 7.82. The summed E-state index contributed by atoms with van der Waals surface area (Å²) in [6, 6.07) is 0. The third kappa shape index (κ3) is 1.90. The van der Waals surface area contributed by atoms with Crippen molar-refractivity contribution in [3.8, 4) is 0 Å². The fraction of sp³-hybridized carbons (Fsp3) is 0.545. The van der Waals surface area contributed by atoms with Gasteiger partial charge in [0.2, 0.25) is 0 Å². The van der Waals surface area contributed by atoms with Gasteiger partial charge in [0.15, 0.2) is 17.6 Å². The molecule has 8 nitrogen and oxygen atoms in total. The van der Waals surface area contributed by atoms with Crippen LogP contribution in [-0.2, 0) is 4.74 Å². The van der Waals surface area contributed by atoms with Crippen LogP contribution in [0.15, 0.2) is 12.5 Å². The van der Waals surface area contributed by atoms with Gasteiger partial charge in [0.1, 0.15) is 18.5 Å². The van der Waals surface area contributed by atoms with E-state index in [0.717, 1.165) is 0 Å². The summed E-state index contributed by atoms with van der Waals surface area (Å²) in [6.45, 7) is -0.191. The van der Waals surface area contributed by atoms with Crippen LogP contribution in [0.3, 0.4) is 0 Å². The van der Waals surface area contributed by atoms with Crippen LogP contribution in [0.5, 0.6) is 0 Å². The molecule has 1 fully saturated rings. The Morgan fingerprint density at radius 1 is 1.45 bits per heavy atom. The van der Waals surface area contributed by atoms with Crippen molar-refractivity contribution in [1.82, 2.24) is 19.6 Å². The summed E-state index contributed by atoms with van der Waals surface area (Å²) in [5.74, 6) is 0.173. The molecule has 1 saturated heterocycles. The van der Waals surface area contributed by atoms with Crippen molar-refractivity contribution < 1.29 is 19.3 Å². The van der Waals surface area contributed by atoms with Gasteiger partial charge in [0.25, 0.3) is 0 Å². The zero-order valence-electron chi connectivity index (χ0n) is 10.4. The molecule has 1 unspecified atom stereocenters. The molecule has 2 aromatic heterocycles. The number of hydrogen-bond donors (Lipinski definition) is 3. The maximum absolute atomic E-state index is 14.2. The average Bonchev–Trinajstić information content (AvgIpc) is 2.97. The lowest BCUT2D eigenvalue weighted by molar-refractivity contribution is -0.00589. The standard InChI is InChI=1S/C11H14FN5O3/c12-7-8(19)6(1-2-18)20-9(7)5-3-14-11-10(13)15-4-16-17(5)11/h3-4,6-9,18-19H,1-2H2,(H2,13,15,16)/t6?,7-,8-,9+/m1/s1. The van der Waals surface area contributed by atoms with Crippen molar-refractivity contribution in [2.75, 3.05) is 12.3 Å². The number of alkyl halides is 1. The van der Waals surface area contributed by atoms with Crippen molar-refractivity contribution in [2.24, 2.45) is 0 Å². The lowest BCUT2D eigenvalue weighted by Crippen LogP contribution is -2.28. The first kappa shape index (κ1) is 13.2. The molecule has 0 bridgehead atoms. The van der Waals surface area contributed by atoms with Crippen LogP contribution in [0.25, 0.3) is 5.65 Å². The van der Waals surface area contributed by atoms with Gasteiger partial charge in [-0.05, 0) is 6.42 Å². The first-order valence-corrected chi connectivity index (χ1v) is 6.16. The monoisotopic (exact) mass is 283 g/mol. The number of halogens is 1. The zero-order valence-corrected chi connectivity index (χ0v) is 10.4. The number of aliphatic hydroxyl groups is 2. The number of nitrogen functional groups attached to an aromatic ring is 1. The second-order valence-corrected chi connectivity index (χ2v) is 4.61. The zero-order chi connectivity index (χ0) is 14.3. The molecule has 0 saturated carbocycles. The molecular formula is C11H14FN5O3. The van der Waals surface area contributed by atoms with E-state index in [0.29, 0.717) is 11.3 Å². The molecule has 0 amide bonds. The van der Waals surface area contributed by atoms with Gasteiger partial charge in [-0.3, -0.25) is 0 Å². The van der Waals surface area contributed by atoms with Gasteiger partial charge in [-0.2, -0.15) is 5.10 Å². The molecular weight excluding hydrogens is 269 g/mol. The van der Waals surface area contributed by atoms with Crippen molar-refractivity contribution in [1.29, 1.82) is 0 Å². The summed E-state index contributed by atoms with van der Waals surface area (Å²) in [5, 5.41) is 22.6. The van der Waals surface area contributed by atoms with E-state index in [1.807, 2.05) is 0 Å². The van der Waals surface area contributed by atoms with Crippen LogP contribution in [0.2, 0.25) is 0 Å². The Morgan fingerprint density at radius 3 is 3.00 bits per heavy atom. The number of imidazole rings is 1. The molecule has 20 heavy (non-hydrogen) atoms. The maximum Gasteiger partial charge on any atom is 0.196 e. The molecule has 1 aliphatic rings. The van der Waals surface area contributed by atoms with Crippen LogP contribution in [0.1, 0.15) is 18.2 Å². The fourth-order valence-electron chi connectivity index (χ4n) is 2.37. The van der Waals surface area contributed by atoms with Crippen molar-refractivity contribution in [3.63, 3.8) is 0 Å². The van der Waals surface area contributed by atoms with Crippen LogP contribution < -0.4 is 5.73 Å². The number of rotatable bonds is 3. The molecule has 4 atom stereocenters. The third-order valence-corrected chi connectivity index (χ3v) is 3.38. The lowest BCUT2D eigenvalue weighted by atomic mass is 10.1. The normalized spacial score (nSPS) is 30.1. The van der Waals surface area contributed by atoms with Gasteiger partial charge in [0.05, 0.1) is 18.0 Å². The van der Waals surface area contributed by atoms with E-state index >= 15 is 0 Å². The second-order valence-electron chi connectivity index (χ2n) is 4.61. The number of aromatic nitrogens is 4. The summed E-state index contributed by atoms with van der Waals surface area (Å²) >= 11 is 0. The highest BCUT2D eigenvalue weighted by molar-refractivity contribution is 5.58. The van der Waals surface area contributed by atoms with Crippen molar-refractivity contribution >= 4 is 11.5 Å². The Labute approximate surface area is 113 Å². The smallest absolute Gasteiger partial charge is 0.196 e. The van der Waals surface area contributed by atoms with E-state index in [9.17, 15) is 9.50 Å². The van der Waals surface area contributed by atoms with Gasteiger partial charge >= 0.3 is 0 Å². The first-order chi connectivity index (χ1) is 9.63. The highest BCUT2D eigenvalue weighted by atomic mass is 19.1. The lowest BCUT2D eigenvalue weighted by Gasteiger charge is -2.12. The minimum absolute atomic E-state index is 0.159. The fourth-order valence-corrected chi connectivity index (χ4v) is 2.37. The largest absolute Gasteiger partial charge is 0.396 e. The molecule has 108 valence electrons. The molecule has 9 heteroatoms. The minimum Gasteiger partial charge on any atom is -0.396 e. The Bertz CT molecular complexity index is 621. The van der Waals surface area contributed by atoms with E-state index in [2.05, 4.69) is 15.1 Å². The highest BCUT2D eigenvalue weighted by Crippen LogP contribution is 2.36. The highest BCUT2D eigenvalue weighted by Gasteiger charge is 2.45. The molecule has 2 aromatic rings. The van der Waals surface area contributed by atoms with E-state index < -0.39 is 24.5 Å². The van der Waals surface area contributed by atoms with Crippen molar-refractivity contribution in [3.05, 3.63) is 18.2 Å². The van der Waals surface area contributed by atoms with Gasteiger partial charge in [-0.1, -0.05) is 0 Å². The Balaban J connectivity index is 1.97. The SMILES string of the molecule is Nc1ncnn2c([C@@H]3OC(CCO)[C@@H](O)[C@H]3F)cnc12. The maximum atomic E-state index is 14.2. The topological polar surface area (TPSA) is 119 Å². The number of aliphatic hydroxyl groups excluding tert-OH is 2. The summed E-state index contributed by atoms with van der Waals surface area (Å²) in [6.07, 6.45) is -1.90. The Kier molecular flexibility index (Phi) is 3.24. The molecule has 1 aliphatic heterocycles. The van der Waals surface area contributed by atoms with Crippen LogP contribution >= 0.6 is 0 Å². The molecule has 0 aromatic carbocycles. The first-order valence-electron chi connectivity index (χ1n) is 6.16. The van der Waals surface area contributed by atoms with E-state index in [1.54, 1.807) is 0 Å². The van der Waals surface area contributed by atoms with Crippen molar-refractivity contribution in [2.45, 2.75) is 30.9 Å². The van der Waals surface area contributed by atoms with E-state index in [4.69, 9.17) is 15.6 Å². The van der Waals surface area contributed by atoms with Gasteiger partial charge in [-0.25, -0.2) is 18.9 Å². The summed E-state index contributed by atoms with van der Waals surface area (Å²) in [5.41, 5.74) is 6.31. The molecule has 0 spiro atoms. The Morgan fingerprint density at radius 2 is 2.25 bits per heavy atom. The molecule has 4 N–H and O–H groups in total. The van der Waals surface area contributed by atoms with E-state index in [1.165, 1.54) is 17.0 Å².